The summed E-state index contributed by atoms with van der Waals surface area (Å²) < 4.78 is 30.4. The van der Waals surface area contributed by atoms with Crippen molar-refractivity contribution in [2.45, 2.75) is 37.8 Å². The third kappa shape index (κ3) is 4.40. The minimum Gasteiger partial charge on any atom is -0.365 e. The maximum absolute atomic E-state index is 12.9. The van der Waals surface area contributed by atoms with Crippen LogP contribution in [0.1, 0.15) is 37.3 Å². The van der Waals surface area contributed by atoms with Crippen molar-refractivity contribution in [1.29, 1.82) is 0 Å². The number of amides is 2. The molecule has 170 valence electrons. The van der Waals surface area contributed by atoms with Crippen molar-refractivity contribution < 1.29 is 23.1 Å². The quantitative estimate of drug-likeness (QED) is 0.384. The Labute approximate surface area is 186 Å². The summed E-state index contributed by atoms with van der Waals surface area (Å²) in [6.07, 6.45) is 1.76. The Kier molecular flexibility index (Phi) is 6.57. The van der Waals surface area contributed by atoms with E-state index in [0.29, 0.717) is 42.5 Å². The van der Waals surface area contributed by atoms with E-state index in [0.717, 1.165) is 0 Å². The van der Waals surface area contributed by atoms with Crippen molar-refractivity contribution in [2.24, 2.45) is 7.05 Å². The van der Waals surface area contributed by atoms with E-state index in [1.807, 2.05) is 0 Å². The average Bonchev–Trinajstić information content (AvgIpc) is 3.03. The lowest BCUT2D eigenvalue weighted by Crippen LogP contribution is -2.44. The molecule has 4 rings (SSSR count). The summed E-state index contributed by atoms with van der Waals surface area (Å²) in [4.78, 5) is 36.7. The number of aromatic nitrogens is 2. The lowest BCUT2D eigenvalue weighted by molar-refractivity contribution is -0.135. The number of carbonyl (C=O) groups excluding carboxylic acids is 2. The van der Waals surface area contributed by atoms with Crippen LogP contribution in [0.5, 0.6) is 0 Å². The third-order valence-corrected chi connectivity index (χ3v) is 6.67. The molecule has 2 saturated heterocycles. The van der Waals surface area contributed by atoms with Crippen LogP contribution in [0.4, 0.5) is 0 Å². The Balaban J connectivity index is 1.52. The molecule has 0 spiro atoms. The monoisotopic (exact) mass is 460 g/mol. The zero-order valence-electron chi connectivity index (χ0n) is 17.6. The zero-order valence-corrected chi connectivity index (χ0v) is 18.4. The van der Waals surface area contributed by atoms with E-state index in [1.54, 1.807) is 25.2 Å². The number of para-hydroxylation sites is 1. The molecule has 0 radical (unpaired) electrons. The maximum atomic E-state index is 12.9. The molecule has 2 aliphatic heterocycles. The van der Waals surface area contributed by atoms with Gasteiger partial charge in [0.15, 0.2) is 0 Å². The van der Waals surface area contributed by atoms with Gasteiger partial charge in [0.05, 0.1) is 22.7 Å². The number of rotatable bonds is 4. The molecule has 3 heterocycles. The molecule has 2 unspecified atom stereocenters. The number of hydrogen-bond acceptors (Lipinski definition) is 5. The molecule has 0 saturated carbocycles. The zero-order chi connectivity index (χ0) is 22.8. The standard InChI is InChI=1S/C21H24N4O6S/c1-23-19-14(5-3-13-31-15-9-11-24(12-10-15)32(29)30)4-2-6-16(19)25(21(23)28)17-7-8-18(26)22-20(17)27/h2,4,6,15,17H,7-13H2,1H3,(H,29,30)(H,22,26,27). The Bertz CT molecular complexity index is 1200. The van der Waals surface area contributed by atoms with Crippen molar-refractivity contribution in [3.05, 3.63) is 34.2 Å². The van der Waals surface area contributed by atoms with E-state index >= 15 is 0 Å². The summed E-state index contributed by atoms with van der Waals surface area (Å²) in [6, 6.07) is 4.61. The summed E-state index contributed by atoms with van der Waals surface area (Å²) in [6.45, 7) is 1.19. The predicted octanol–water partition coefficient (Wildman–Crippen LogP) is 0.287. The van der Waals surface area contributed by atoms with Gasteiger partial charge in [0.25, 0.3) is 0 Å². The molecule has 2 N–H and O–H groups in total. The van der Waals surface area contributed by atoms with E-state index in [4.69, 9.17) is 9.29 Å². The van der Waals surface area contributed by atoms with Gasteiger partial charge >= 0.3 is 5.69 Å². The predicted molar refractivity (Wildman–Crippen MR) is 117 cm³/mol. The first kappa shape index (κ1) is 22.4. The number of aryl methyl sites for hydroxylation is 1. The number of benzene rings is 1. The van der Waals surface area contributed by atoms with Crippen molar-refractivity contribution in [3.63, 3.8) is 0 Å². The first-order valence-corrected chi connectivity index (χ1v) is 11.4. The second kappa shape index (κ2) is 9.38. The third-order valence-electron chi connectivity index (χ3n) is 5.86. The van der Waals surface area contributed by atoms with Crippen LogP contribution in [0.25, 0.3) is 11.0 Å². The van der Waals surface area contributed by atoms with Gasteiger partial charge in [-0.2, -0.15) is 0 Å². The second-order valence-corrected chi connectivity index (χ2v) is 8.80. The summed E-state index contributed by atoms with van der Waals surface area (Å²) in [5.41, 5.74) is 1.51. The minimum absolute atomic E-state index is 0.0159. The van der Waals surface area contributed by atoms with Crippen LogP contribution in [0.2, 0.25) is 0 Å². The highest BCUT2D eigenvalue weighted by Crippen LogP contribution is 2.24. The molecular weight excluding hydrogens is 436 g/mol. The number of imide groups is 1. The van der Waals surface area contributed by atoms with Gasteiger partial charge in [-0.05, 0) is 31.4 Å². The molecule has 0 aliphatic carbocycles. The average molecular weight is 461 g/mol. The fourth-order valence-electron chi connectivity index (χ4n) is 4.21. The normalized spacial score (nSPS) is 21.2. The summed E-state index contributed by atoms with van der Waals surface area (Å²) >= 11 is -1.94. The van der Waals surface area contributed by atoms with Crippen LogP contribution in [0.3, 0.4) is 0 Å². The summed E-state index contributed by atoms with van der Waals surface area (Å²) in [5.74, 6) is 5.23. The number of imidazole rings is 1. The van der Waals surface area contributed by atoms with Gasteiger partial charge in [0.1, 0.15) is 12.6 Å². The smallest absolute Gasteiger partial charge is 0.329 e. The van der Waals surface area contributed by atoms with Crippen molar-refractivity contribution >= 4 is 34.1 Å². The first-order valence-electron chi connectivity index (χ1n) is 10.4. The first-order chi connectivity index (χ1) is 15.4. The number of nitrogens with one attached hydrogen (secondary N) is 1. The largest absolute Gasteiger partial charge is 0.365 e. The van der Waals surface area contributed by atoms with Crippen molar-refractivity contribution in [3.8, 4) is 11.8 Å². The minimum atomic E-state index is -1.94. The lowest BCUT2D eigenvalue weighted by atomic mass is 10.1. The fourth-order valence-corrected chi connectivity index (χ4v) is 4.74. The molecule has 2 atom stereocenters. The molecular formula is C21H24N4O6S. The van der Waals surface area contributed by atoms with Gasteiger partial charge in [0.2, 0.25) is 23.1 Å². The highest BCUT2D eigenvalue weighted by atomic mass is 32.2. The Hall–Kier alpha value is -2.78. The molecule has 2 fully saturated rings. The molecule has 11 heteroatoms. The lowest BCUT2D eigenvalue weighted by Gasteiger charge is -2.28. The molecule has 2 amide bonds. The Morgan fingerprint density at radius 3 is 2.66 bits per heavy atom. The number of hydrogen-bond donors (Lipinski definition) is 2. The van der Waals surface area contributed by atoms with Gasteiger partial charge in [-0.1, -0.05) is 17.9 Å². The fraction of sp³-hybridized carbons (Fsp3) is 0.476. The van der Waals surface area contributed by atoms with Crippen LogP contribution < -0.4 is 11.0 Å². The SMILES string of the molecule is Cn1c(=O)n(C2CCC(=O)NC2=O)c2cccc(C#CCOC3CCN(S(=O)O)CC3)c21. The van der Waals surface area contributed by atoms with Crippen molar-refractivity contribution in [1.82, 2.24) is 18.8 Å². The van der Waals surface area contributed by atoms with Gasteiger partial charge in [0, 0.05) is 26.6 Å². The Morgan fingerprint density at radius 2 is 1.97 bits per heavy atom. The molecule has 2 aromatic rings. The van der Waals surface area contributed by atoms with E-state index in [9.17, 15) is 18.6 Å². The van der Waals surface area contributed by atoms with E-state index < -0.39 is 23.2 Å². The maximum Gasteiger partial charge on any atom is 0.329 e. The van der Waals surface area contributed by atoms with Gasteiger partial charge in [-0.3, -0.25) is 28.6 Å². The number of piperidine rings is 2. The number of ether oxygens (including phenoxy) is 1. The summed E-state index contributed by atoms with van der Waals surface area (Å²) in [7, 11) is 1.63. The van der Waals surface area contributed by atoms with Crippen LogP contribution >= 0.6 is 0 Å². The van der Waals surface area contributed by atoms with Crippen LogP contribution in [-0.2, 0) is 32.6 Å². The van der Waals surface area contributed by atoms with Crippen LogP contribution in [0, 0.1) is 11.8 Å². The highest BCUT2D eigenvalue weighted by Gasteiger charge is 2.31. The molecule has 2 aliphatic rings. The number of carbonyl (C=O) groups is 2. The molecule has 1 aromatic heterocycles. The topological polar surface area (TPSA) is 123 Å². The van der Waals surface area contributed by atoms with Gasteiger partial charge in [-0.15, -0.1) is 0 Å². The number of nitrogens with zero attached hydrogens (tertiary/aromatic N) is 3. The number of fused-ring (bicyclic) bond motifs is 1. The van der Waals surface area contributed by atoms with E-state index in [-0.39, 0.29) is 37.1 Å². The van der Waals surface area contributed by atoms with Gasteiger partial charge in [-0.25, -0.2) is 13.3 Å². The molecule has 32 heavy (non-hydrogen) atoms. The summed E-state index contributed by atoms with van der Waals surface area (Å²) in [5, 5.41) is 2.30. The highest BCUT2D eigenvalue weighted by molar-refractivity contribution is 7.76. The van der Waals surface area contributed by atoms with Crippen LogP contribution in [-0.4, -0.2) is 59.8 Å². The van der Waals surface area contributed by atoms with E-state index in [2.05, 4.69) is 17.2 Å². The molecule has 0 bridgehead atoms. The molecule has 10 nitrogen and oxygen atoms in total. The second-order valence-electron chi connectivity index (χ2n) is 7.82. The van der Waals surface area contributed by atoms with E-state index in [1.165, 1.54) is 13.4 Å². The van der Waals surface area contributed by atoms with Crippen LogP contribution in [0.15, 0.2) is 23.0 Å². The Morgan fingerprint density at radius 1 is 1.22 bits per heavy atom. The molecule has 1 aromatic carbocycles. The van der Waals surface area contributed by atoms with Gasteiger partial charge < -0.3 is 4.74 Å². The van der Waals surface area contributed by atoms with Crippen molar-refractivity contribution in [2.75, 3.05) is 19.7 Å².